The summed E-state index contributed by atoms with van der Waals surface area (Å²) < 4.78 is 2.81. The summed E-state index contributed by atoms with van der Waals surface area (Å²) in [5.41, 5.74) is 0.0584. The van der Waals surface area contributed by atoms with Gasteiger partial charge < -0.3 is 10.1 Å². The van der Waals surface area contributed by atoms with Crippen LogP contribution in [0.15, 0.2) is 9.59 Å². The average molecular weight is 348 g/mol. The fraction of sp³-hybridized carbons (Fsp3) is 0.647. The minimum absolute atomic E-state index is 0.0160. The number of fused-ring (bicyclic) bond motifs is 1. The van der Waals surface area contributed by atoms with Gasteiger partial charge in [0.2, 0.25) is 0 Å². The van der Waals surface area contributed by atoms with Crippen LogP contribution in [0.25, 0.3) is 11.2 Å². The number of hydrogen-bond acceptors (Lipinski definition) is 4. The topological polar surface area (TPSA) is 110 Å². The van der Waals surface area contributed by atoms with Crippen molar-refractivity contribution in [3.8, 4) is 0 Å². The second kappa shape index (κ2) is 6.85. The van der Waals surface area contributed by atoms with E-state index in [-0.39, 0.29) is 23.1 Å². The molecule has 1 aliphatic carbocycles. The summed E-state index contributed by atoms with van der Waals surface area (Å²) in [6, 6.07) is 0. The Kier molecular flexibility index (Phi) is 4.78. The zero-order chi connectivity index (χ0) is 18.1. The van der Waals surface area contributed by atoms with Crippen molar-refractivity contribution < 1.29 is 9.90 Å². The molecule has 0 bridgehead atoms. The van der Waals surface area contributed by atoms with Crippen LogP contribution < -0.4 is 11.2 Å². The fourth-order valence-corrected chi connectivity index (χ4v) is 3.68. The first-order valence-corrected chi connectivity index (χ1v) is 8.93. The number of aromatic amines is 1. The van der Waals surface area contributed by atoms with E-state index in [2.05, 4.69) is 9.97 Å². The van der Waals surface area contributed by atoms with E-state index in [0.29, 0.717) is 49.3 Å². The van der Waals surface area contributed by atoms with Crippen molar-refractivity contribution in [3.63, 3.8) is 0 Å². The van der Waals surface area contributed by atoms with Gasteiger partial charge in [-0.15, -0.1) is 0 Å². The molecule has 0 spiro atoms. The van der Waals surface area contributed by atoms with Crippen molar-refractivity contribution in [3.05, 3.63) is 26.7 Å². The maximum Gasteiger partial charge on any atom is 0.332 e. The summed E-state index contributed by atoms with van der Waals surface area (Å²) >= 11 is 0. The predicted molar refractivity (Wildman–Crippen MR) is 92.9 cm³/mol. The van der Waals surface area contributed by atoms with Crippen LogP contribution >= 0.6 is 0 Å². The molecule has 0 saturated heterocycles. The molecule has 0 aromatic carbocycles. The summed E-state index contributed by atoms with van der Waals surface area (Å²) in [5, 5.41) is 9.18. The summed E-state index contributed by atoms with van der Waals surface area (Å²) in [4.78, 5) is 44.1. The molecule has 0 radical (unpaired) electrons. The van der Waals surface area contributed by atoms with Crippen molar-refractivity contribution in [2.75, 3.05) is 0 Å². The van der Waals surface area contributed by atoms with Gasteiger partial charge in [-0.05, 0) is 32.1 Å². The maximum absolute atomic E-state index is 12.7. The number of carboxylic acid groups (broad SMARTS) is 1. The molecule has 8 heteroatoms. The van der Waals surface area contributed by atoms with E-state index in [1.807, 2.05) is 13.8 Å². The monoisotopic (exact) mass is 348 g/mol. The number of H-pyrrole nitrogens is 1. The lowest BCUT2D eigenvalue weighted by atomic mass is 10.0. The number of aromatic nitrogens is 4. The lowest BCUT2D eigenvalue weighted by Gasteiger charge is -2.09. The molecular weight excluding hydrogens is 324 g/mol. The third-order valence-electron chi connectivity index (χ3n) is 4.94. The molecule has 25 heavy (non-hydrogen) atoms. The number of aliphatic carboxylic acids is 1. The Bertz CT molecular complexity index is 908. The Hall–Kier alpha value is -2.38. The normalized spacial score (nSPS) is 20.4. The minimum atomic E-state index is -0.785. The van der Waals surface area contributed by atoms with Crippen LogP contribution in [0.3, 0.4) is 0 Å². The molecule has 1 aliphatic rings. The molecule has 8 nitrogen and oxygen atoms in total. The van der Waals surface area contributed by atoms with E-state index < -0.39 is 5.97 Å². The zero-order valence-electron chi connectivity index (χ0n) is 14.6. The van der Waals surface area contributed by atoms with Crippen LogP contribution in [0.4, 0.5) is 0 Å². The number of hydrogen-bond donors (Lipinski definition) is 2. The van der Waals surface area contributed by atoms with Crippen molar-refractivity contribution in [1.82, 2.24) is 19.1 Å². The first-order chi connectivity index (χ1) is 12.0. The van der Waals surface area contributed by atoms with E-state index in [0.717, 1.165) is 12.8 Å². The van der Waals surface area contributed by atoms with Gasteiger partial charge in [-0.1, -0.05) is 13.8 Å². The van der Waals surface area contributed by atoms with Gasteiger partial charge in [0.15, 0.2) is 5.65 Å². The molecule has 0 amide bonds. The zero-order valence-corrected chi connectivity index (χ0v) is 14.6. The Balaban J connectivity index is 2.11. The molecule has 1 fully saturated rings. The van der Waals surface area contributed by atoms with Crippen LogP contribution in [-0.4, -0.2) is 30.2 Å². The molecule has 2 aromatic heterocycles. The number of aryl methyl sites for hydroxylation is 1. The molecular formula is C17H24N4O4. The van der Waals surface area contributed by atoms with Crippen LogP contribution in [0.2, 0.25) is 0 Å². The highest BCUT2D eigenvalue weighted by molar-refractivity contribution is 5.71. The van der Waals surface area contributed by atoms with E-state index in [4.69, 9.17) is 0 Å². The summed E-state index contributed by atoms with van der Waals surface area (Å²) in [6.07, 6.45) is 3.29. The summed E-state index contributed by atoms with van der Waals surface area (Å²) in [7, 11) is 0. The largest absolute Gasteiger partial charge is 0.481 e. The highest BCUT2D eigenvalue weighted by Gasteiger charge is 2.33. The minimum Gasteiger partial charge on any atom is -0.481 e. The fourth-order valence-electron chi connectivity index (χ4n) is 3.68. The maximum atomic E-state index is 12.7. The Morgan fingerprint density at radius 2 is 1.88 bits per heavy atom. The molecule has 2 atom stereocenters. The van der Waals surface area contributed by atoms with Gasteiger partial charge in [0.1, 0.15) is 11.3 Å². The lowest BCUT2D eigenvalue weighted by Crippen LogP contribution is -2.40. The molecule has 2 N–H and O–H groups in total. The molecule has 2 heterocycles. The number of imidazole rings is 1. The van der Waals surface area contributed by atoms with E-state index in [1.54, 1.807) is 4.57 Å². The van der Waals surface area contributed by atoms with Gasteiger partial charge in [0.25, 0.3) is 5.56 Å². The van der Waals surface area contributed by atoms with Crippen LogP contribution in [-0.2, 0) is 17.9 Å². The number of carboxylic acids is 1. The van der Waals surface area contributed by atoms with Gasteiger partial charge in [-0.25, -0.2) is 9.78 Å². The van der Waals surface area contributed by atoms with Gasteiger partial charge in [0, 0.05) is 19.0 Å². The summed E-state index contributed by atoms with van der Waals surface area (Å²) in [6.45, 7) is 4.75. The van der Waals surface area contributed by atoms with Crippen molar-refractivity contribution in [1.29, 1.82) is 0 Å². The van der Waals surface area contributed by atoms with E-state index >= 15 is 0 Å². The van der Waals surface area contributed by atoms with Gasteiger partial charge in [-0.3, -0.25) is 18.7 Å². The molecule has 0 aliphatic heterocycles. The third kappa shape index (κ3) is 3.01. The van der Waals surface area contributed by atoms with E-state index in [1.165, 1.54) is 4.57 Å². The molecule has 2 aromatic rings. The summed E-state index contributed by atoms with van der Waals surface area (Å²) in [5.74, 6) is -0.549. The van der Waals surface area contributed by atoms with Gasteiger partial charge in [0.05, 0.1) is 5.92 Å². The van der Waals surface area contributed by atoms with Gasteiger partial charge in [-0.2, -0.15) is 0 Å². The molecule has 1 saturated carbocycles. The van der Waals surface area contributed by atoms with Crippen molar-refractivity contribution >= 4 is 17.1 Å². The van der Waals surface area contributed by atoms with E-state index in [9.17, 15) is 19.5 Å². The first-order valence-electron chi connectivity index (χ1n) is 8.93. The number of carbonyl (C=O) groups is 1. The average Bonchev–Trinajstić information content (AvgIpc) is 3.22. The molecule has 2 unspecified atom stereocenters. The Labute approximate surface area is 144 Å². The lowest BCUT2D eigenvalue weighted by molar-refractivity contribution is -0.141. The van der Waals surface area contributed by atoms with Crippen LogP contribution in [0.5, 0.6) is 0 Å². The third-order valence-corrected chi connectivity index (χ3v) is 4.94. The second-order valence-electron chi connectivity index (χ2n) is 6.76. The smallest absolute Gasteiger partial charge is 0.332 e. The standard InChI is InChI=1S/C17H24N4O4/c1-3-7-20-14-12(15(22)21(8-4-2)17(20)25)18-13(19-14)10-5-6-11(9-10)16(23)24/h10-11H,3-9H2,1-2H3,(H,18,19)(H,23,24). The van der Waals surface area contributed by atoms with Crippen molar-refractivity contribution in [2.45, 2.75) is 65.0 Å². The number of nitrogens with zero attached hydrogens (tertiary/aromatic N) is 3. The highest BCUT2D eigenvalue weighted by atomic mass is 16.4. The first kappa shape index (κ1) is 17.4. The Morgan fingerprint density at radius 1 is 1.20 bits per heavy atom. The number of nitrogens with one attached hydrogen (secondary N) is 1. The highest BCUT2D eigenvalue weighted by Crippen LogP contribution is 2.37. The van der Waals surface area contributed by atoms with Crippen LogP contribution in [0, 0.1) is 5.92 Å². The number of rotatable bonds is 6. The molecule has 3 rings (SSSR count). The predicted octanol–water partition coefficient (Wildman–Crippen LogP) is 1.67. The van der Waals surface area contributed by atoms with Gasteiger partial charge >= 0.3 is 11.7 Å². The second-order valence-corrected chi connectivity index (χ2v) is 6.76. The SMILES string of the molecule is CCCn1c(=O)c2[nH]c(C3CCC(C(=O)O)C3)nc2n(CCC)c1=O. The quantitative estimate of drug-likeness (QED) is 0.825. The van der Waals surface area contributed by atoms with Crippen LogP contribution in [0.1, 0.15) is 57.7 Å². The Morgan fingerprint density at radius 3 is 2.48 bits per heavy atom. The van der Waals surface area contributed by atoms with Crippen molar-refractivity contribution in [2.24, 2.45) is 5.92 Å². The molecule has 136 valence electrons.